The SMILES string of the molecule is CS(=O)(=O)N1CCC(NN2CCCCC2)CC1. The van der Waals surface area contributed by atoms with Crippen molar-refractivity contribution in [3.8, 4) is 0 Å². The number of piperidine rings is 2. The maximum absolute atomic E-state index is 11.4. The Kier molecular flexibility index (Phi) is 4.41. The fraction of sp³-hybridized carbons (Fsp3) is 1.00. The van der Waals surface area contributed by atoms with Gasteiger partial charge in [-0.25, -0.2) is 17.7 Å². The number of hydrogen-bond acceptors (Lipinski definition) is 4. The summed E-state index contributed by atoms with van der Waals surface area (Å²) in [6.07, 6.45) is 7.02. The van der Waals surface area contributed by atoms with Gasteiger partial charge >= 0.3 is 0 Å². The van der Waals surface area contributed by atoms with Crippen LogP contribution in [0.4, 0.5) is 0 Å². The molecule has 0 bridgehead atoms. The van der Waals surface area contributed by atoms with Gasteiger partial charge in [0, 0.05) is 32.2 Å². The molecule has 0 aromatic carbocycles. The van der Waals surface area contributed by atoms with Gasteiger partial charge in [-0.05, 0) is 25.7 Å². The molecule has 5 nitrogen and oxygen atoms in total. The first-order valence-corrected chi connectivity index (χ1v) is 8.37. The van der Waals surface area contributed by atoms with Gasteiger partial charge in [-0.2, -0.15) is 0 Å². The van der Waals surface area contributed by atoms with Crippen LogP contribution < -0.4 is 5.43 Å². The molecule has 0 aliphatic carbocycles. The molecule has 6 heteroatoms. The van der Waals surface area contributed by atoms with E-state index in [0.717, 1.165) is 25.9 Å². The van der Waals surface area contributed by atoms with Crippen molar-refractivity contribution in [3.05, 3.63) is 0 Å². The second-order valence-corrected chi connectivity index (χ2v) is 7.10. The highest BCUT2D eigenvalue weighted by Crippen LogP contribution is 2.15. The third-order valence-electron chi connectivity index (χ3n) is 3.64. The lowest BCUT2D eigenvalue weighted by molar-refractivity contribution is 0.108. The molecule has 2 saturated heterocycles. The minimum Gasteiger partial charge on any atom is -0.252 e. The molecule has 0 atom stereocenters. The summed E-state index contributed by atoms with van der Waals surface area (Å²) in [5.41, 5.74) is 3.54. The first-order chi connectivity index (χ1) is 8.05. The quantitative estimate of drug-likeness (QED) is 0.799. The van der Waals surface area contributed by atoms with Crippen LogP contribution in [0.5, 0.6) is 0 Å². The Morgan fingerprint density at radius 2 is 1.59 bits per heavy atom. The average molecular weight is 261 g/mol. The third-order valence-corrected chi connectivity index (χ3v) is 4.95. The van der Waals surface area contributed by atoms with E-state index in [0.29, 0.717) is 19.1 Å². The van der Waals surface area contributed by atoms with Crippen molar-refractivity contribution in [3.63, 3.8) is 0 Å². The summed E-state index contributed by atoms with van der Waals surface area (Å²) >= 11 is 0. The Hall–Kier alpha value is -0.170. The molecular formula is C11H23N3O2S. The Bertz CT molecular complexity index is 331. The van der Waals surface area contributed by atoms with Crippen LogP contribution in [0.2, 0.25) is 0 Å². The number of rotatable bonds is 3. The summed E-state index contributed by atoms with van der Waals surface area (Å²) in [5.74, 6) is 0. The Morgan fingerprint density at radius 3 is 2.12 bits per heavy atom. The number of sulfonamides is 1. The van der Waals surface area contributed by atoms with Gasteiger partial charge in [0.2, 0.25) is 10.0 Å². The lowest BCUT2D eigenvalue weighted by Gasteiger charge is -2.36. The Morgan fingerprint density at radius 1 is 1.00 bits per heavy atom. The van der Waals surface area contributed by atoms with Crippen LogP contribution in [0, 0.1) is 0 Å². The van der Waals surface area contributed by atoms with E-state index >= 15 is 0 Å². The van der Waals surface area contributed by atoms with Gasteiger partial charge < -0.3 is 0 Å². The van der Waals surface area contributed by atoms with Crippen LogP contribution in [0.15, 0.2) is 0 Å². The maximum atomic E-state index is 11.4. The normalized spacial score (nSPS) is 26.2. The van der Waals surface area contributed by atoms with Crippen molar-refractivity contribution < 1.29 is 8.42 Å². The van der Waals surface area contributed by atoms with Crippen molar-refractivity contribution in [2.75, 3.05) is 32.4 Å². The van der Waals surface area contributed by atoms with E-state index < -0.39 is 10.0 Å². The first kappa shape index (κ1) is 13.3. The van der Waals surface area contributed by atoms with Crippen molar-refractivity contribution in [2.24, 2.45) is 0 Å². The first-order valence-electron chi connectivity index (χ1n) is 6.52. The van der Waals surface area contributed by atoms with E-state index in [1.807, 2.05) is 0 Å². The largest absolute Gasteiger partial charge is 0.252 e. The van der Waals surface area contributed by atoms with Crippen LogP contribution in [0.1, 0.15) is 32.1 Å². The number of nitrogens with zero attached hydrogens (tertiary/aromatic N) is 2. The van der Waals surface area contributed by atoms with E-state index in [9.17, 15) is 8.42 Å². The highest BCUT2D eigenvalue weighted by Gasteiger charge is 2.25. The molecule has 0 unspecified atom stereocenters. The van der Waals surface area contributed by atoms with Crippen molar-refractivity contribution >= 4 is 10.0 Å². The van der Waals surface area contributed by atoms with E-state index in [-0.39, 0.29) is 0 Å². The zero-order valence-electron chi connectivity index (χ0n) is 10.6. The van der Waals surface area contributed by atoms with E-state index in [1.165, 1.54) is 25.5 Å². The van der Waals surface area contributed by atoms with E-state index in [2.05, 4.69) is 10.4 Å². The van der Waals surface area contributed by atoms with Crippen molar-refractivity contribution in [1.82, 2.24) is 14.7 Å². The van der Waals surface area contributed by atoms with Crippen LogP contribution in [0.3, 0.4) is 0 Å². The lowest BCUT2D eigenvalue weighted by atomic mass is 10.1. The van der Waals surface area contributed by atoms with Crippen molar-refractivity contribution in [2.45, 2.75) is 38.1 Å². The van der Waals surface area contributed by atoms with Gasteiger partial charge in [0.1, 0.15) is 0 Å². The maximum Gasteiger partial charge on any atom is 0.211 e. The summed E-state index contributed by atoms with van der Waals surface area (Å²) in [4.78, 5) is 0. The summed E-state index contributed by atoms with van der Waals surface area (Å²) in [6.45, 7) is 3.58. The molecule has 0 radical (unpaired) electrons. The third kappa shape index (κ3) is 3.91. The van der Waals surface area contributed by atoms with E-state index in [1.54, 1.807) is 4.31 Å². The Labute approximate surface area is 104 Å². The van der Waals surface area contributed by atoms with Gasteiger partial charge in [-0.3, -0.25) is 5.43 Å². The zero-order chi connectivity index (χ0) is 12.3. The average Bonchev–Trinajstić information content (AvgIpc) is 2.30. The Balaban J connectivity index is 1.75. The van der Waals surface area contributed by atoms with Crippen LogP contribution in [-0.4, -0.2) is 56.2 Å². The molecule has 2 aliphatic rings. The smallest absolute Gasteiger partial charge is 0.211 e. The number of nitrogens with one attached hydrogen (secondary N) is 1. The molecule has 0 aromatic rings. The van der Waals surface area contributed by atoms with Gasteiger partial charge in [-0.15, -0.1) is 0 Å². The predicted molar refractivity (Wildman–Crippen MR) is 68.0 cm³/mol. The van der Waals surface area contributed by atoms with Gasteiger partial charge in [0.15, 0.2) is 0 Å². The minimum absolute atomic E-state index is 0.450. The van der Waals surface area contributed by atoms with E-state index in [4.69, 9.17) is 0 Å². The number of hydrogen-bond donors (Lipinski definition) is 1. The molecule has 2 rings (SSSR count). The zero-order valence-corrected chi connectivity index (χ0v) is 11.4. The highest BCUT2D eigenvalue weighted by molar-refractivity contribution is 7.88. The molecule has 0 saturated carbocycles. The molecule has 0 amide bonds. The monoisotopic (exact) mass is 261 g/mol. The molecule has 1 N–H and O–H groups in total. The summed E-state index contributed by atoms with van der Waals surface area (Å²) in [7, 11) is -2.99. The lowest BCUT2D eigenvalue weighted by Crippen LogP contribution is -2.51. The summed E-state index contributed by atoms with van der Waals surface area (Å²) < 4.78 is 24.3. The minimum atomic E-state index is -2.99. The molecular weight excluding hydrogens is 238 g/mol. The fourth-order valence-electron chi connectivity index (χ4n) is 2.60. The van der Waals surface area contributed by atoms with Crippen LogP contribution in [-0.2, 0) is 10.0 Å². The van der Waals surface area contributed by atoms with Crippen molar-refractivity contribution in [1.29, 1.82) is 0 Å². The van der Waals surface area contributed by atoms with Crippen LogP contribution >= 0.6 is 0 Å². The molecule has 2 aliphatic heterocycles. The molecule has 0 aromatic heterocycles. The second kappa shape index (κ2) is 5.65. The summed E-state index contributed by atoms with van der Waals surface area (Å²) in [6, 6.07) is 0.450. The molecule has 100 valence electrons. The standard InChI is InChI=1S/C11H23N3O2S/c1-17(15,16)14-9-5-11(6-10-14)12-13-7-3-2-4-8-13/h11-12H,2-10H2,1H3. The molecule has 2 fully saturated rings. The predicted octanol–water partition coefficient (Wildman–Crippen LogP) is 0.401. The second-order valence-electron chi connectivity index (χ2n) is 5.11. The van der Waals surface area contributed by atoms with Gasteiger partial charge in [0.05, 0.1) is 6.26 Å². The topological polar surface area (TPSA) is 52.7 Å². The number of hydrazine groups is 1. The van der Waals surface area contributed by atoms with Crippen LogP contribution in [0.25, 0.3) is 0 Å². The molecule has 2 heterocycles. The fourth-order valence-corrected chi connectivity index (χ4v) is 3.47. The molecule has 0 spiro atoms. The van der Waals surface area contributed by atoms with Gasteiger partial charge in [-0.1, -0.05) is 6.42 Å². The summed E-state index contributed by atoms with van der Waals surface area (Å²) in [5, 5.41) is 2.31. The molecule has 17 heavy (non-hydrogen) atoms. The van der Waals surface area contributed by atoms with Gasteiger partial charge in [0.25, 0.3) is 0 Å². The highest BCUT2D eigenvalue weighted by atomic mass is 32.2.